The normalized spacial score (nSPS) is 11.2. The Labute approximate surface area is 191 Å². The smallest absolute Gasteiger partial charge is 0.276 e. The average Bonchev–Trinajstić information content (AvgIpc) is 3.30. The number of hydrogen-bond donors (Lipinski definition) is 1. The quantitative estimate of drug-likeness (QED) is 0.437. The second kappa shape index (κ2) is 8.06. The Morgan fingerprint density at radius 1 is 0.939 bits per heavy atom. The molecule has 0 spiro atoms. The predicted octanol–water partition coefficient (Wildman–Crippen LogP) is 4.88. The van der Waals surface area contributed by atoms with E-state index >= 15 is 0 Å². The fourth-order valence-electron chi connectivity index (χ4n) is 4.44. The van der Waals surface area contributed by atoms with Gasteiger partial charge in [0.2, 0.25) is 0 Å². The number of carbonyl (C=O) groups is 1. The van der Waals surface area contributed by atoms with E-state index in [-0.39, 0.29) is 11.5 Å². The Morgan fingerprint density at radius 3 is 2.36 bits per heavy atom. The van der Waals surface area contributed by atoms with Crippen molar-refractivity contribution in [2.75, 3.05) is 5.32 Å². The number of aryl methyl sites for hydroxylation is 3. The minimum atomic E-state index is -0.157. The first-order chi connectivity index (χ1) is 15.9. The largest absolute Gasteiger partial charge is 0.322 e. The summed E-state index contributed by atoms with van der Waals surface area (Å²) in [5.74, 6) is -0.157. The minimum absolute atomic E-state index is 0.0988. The molecule has 2 aromatic carbocycles. The molecule has 6 nitrogen and oxygen atoms in total. The first-order valence-electron chi connectivity index (χ1n) is 10.8. The number of benzene rings is 2. The van der Waals surface area contributed by atoms with Crippen LogP contribution >= 0.6 is 0 Å². The summed E-state index contributed by atoms with van der Waals surface area (Å²) in [7, 11) is 0. The van der Waals surface area contributed by atoms with E-state index in [1.807, 2.05) is 67.8 Å². The van der Waals surface area contributed by atoms with Crippen LogP contribution in [0.4, 0.5) is 5.69 Å². The Kier molecular flexibility index (Phi) is 5.05. The van der Waals surface area contributed by atoms with Gasteiger partial charge in [0.25, 0.3) is 11.5 Å². The van der Waals surface area contributed by atoms with Crippen molar-refractivity contribution in [2.45, 2.75) is 27.3 Å². The van der Waals surface area contributed by atoms with Crippen molar-refractivity contribution in [1.82, 2.24) is 14.0 Å². The highest BCUT2D eigenvalue weighted by Gasteiger charge is 2.13. The summed E-state index contributed by atoms with van der Waals surface area (Å²) in [6, 6.07) is 19.0. The van der Waals surface area contributed by atoms with Crippen LogP contribution in [0.15, 0.2) is 77.9 Å². The van der Waals surface area contributed by atoms with Crippen LogP contribution in [-0.4, -0.2) is 19.9 Å². The maximum Gasteiger partial charge on any atom is 0.276 e. The minimum Gasteiger partial charge on any atom is -0.322 e. The molecule has 0 bridgehead atoms. The van der Waals surface area contributed by atoms with E-state index in [9.17, 15) is 9.59 Å². The molecule has 0 saturated carbocycles. The Balaban J connectivity index is 1.44. The number of aromatic nitrogens is 3. The molecular formula is C27H24N4O2. The van der Waals surface area contributed by atoms with Gasteiger partial charge in [0.05, 0.1) is 12.1 Å². The maximum absolute atomic E-state index is 13.1. The molecule has 33 heavy (non-hydrogen) atoms. The Hall–Kier alpha value is -4.19. The zero-order chi connectivity index (χ0) is 23.1. The molecule has 0 atom stereocenters. The summed E-state index contributed by atoms with van der Waals surface area (Å²) >= 11 is 0. The van der Waals surface area contributed by atoms with Gasteiger partial charge < -0.3 is 9.72 Å². The number of amides is 1. The molecule has 6 heteroatoms. The lowest BCUT2D eigenvalue weighted by Crippen LogP contribution is -2.24. The summed E-state index contributed by atoms with van der Waals surface area (Å²) in [6.07, 6.45) is 3.56. The number of pyridine rings is 1. The molecule has 0 unspecified atom stereocenters. The second-order valence-electron chi connectivity index (χ2n) is 8.43. The van der Waals surface area contributed by atoms with Gasteiger partial charge in [-0.1, -0.05) is 29.8 Å². The molecule has 164 valence electrons. The maximum atomic E-state index is 13.1. The van der Waals surface area contributed by atoms with Crippen LogP contribution < -0.4 is 10.9 Å². The summed E-state index contributed by atoms with van der Waals surface area (Å²) in [5, 5.41) is 3.03. The van der Waals surface area contributed by atoms with E-state index in [0.717, 1.165) is 27.9 Å². The molecule has 0 fully saturated rings. The van der Waals surface area contributed by atoms with Gasteiger partial charge in [0, 0.05) is 23.6 Å². The van der Waals surface area contributed by atoms with Gasteiger partial charge in [0.1, 0.15) is 5.52 Å². The Bertz CT molecular complexity index is 1550. The van der Waals surface area contributed by atoms with Crippen LogP contribution in [0.3, 0.4) is 0 Å². The number of rotatable bonds is 4. The van der Waals surface area contributed by atoms with Crippen molar-refractivity contribution in [3.8, 4) is 0 Å². The predicted molar refractivity (Wildman–Crippen MR) is 131 cm³/mol. The third kappa shape index (κ3) is 3.69. The third-order valence-electron chi connectivity index (χ3n) is 5.97. The lowest BCUT2D eigenvalue weighted by Gasteiger charge is -2.14. The molecule has 5 aromatic rings. The van der Waals surface area contributed by atoms with Gasteiger partial charge in [0.15, 0.2) is 5.65 Å². The van der Waals surface area contributed by atoms with Gasteiger partial charge in [-0.2, -0.15) is 0 Å². The fourth-order valence-corrected chi connectivity index (χ4v) is 4.44. The topological polar surface area (TPSA) is 68.4 Å². The number of carbonyl (C=O) groups excluding carboxylic acids is 1. The Morgan fingerprint density at radius 2 is 1.64 bits per heavy atom. The summed E-state index contributed by atoms with van der Waals surface area (Å²) < 4.78 is 3.54. The van der Waals surface area contributed by atoms with E-state index in [4.69, 9.17) is 0 Å². The standard InChI is InChI=1S/C27H24N4O2/c1-17-14-18(2)24(19(3)15-17)29-26(32)21-10-8-20(9-11-21)16-31-25-22(6-4-12-28-25)30-13-5-7-23(30)27(31)33/h4-15H,16H2,1-3H3,(H,29,32). The number of anilines is 1. The summed E-state index contributed by atoms with van der Waals surface area (Å²) in [4.78, 5) is 30.4. The van der Waals surface area contributed by atoms with Gasteiger partial charge in [-0.3, -0.25) is 14.2 Å². The molecular weight excluding hydrogens is 412 g/mol. The number of nitrogens with one attached hydrogen (secondary N) is 1. The average molecular weight is 437 g/mol. The fraction of sp³-hybridized carbons (Fsp3) is 0.148. The van der Waals surface area contributed by atoms with E-state index in [2.05, 4.69) is 22.4 Å². The number of nitrogens with zero attached hydrogens (tertiary/aromatic N) is 3. The lowest BCUT2D eigenvalue weighted by atomic mass is 10.0. The van der Waals surface area contributed by atoms with Crippen molar-refractivity contribution < 1.29 is 4.79 Å². The third-order valence-corrected chi connectivity index (χ3v) is 5.97. The van der Waals surface area contributed by atoms with Gasteiger partial charge in [-0.25, -0.2) is 4.98 Å². The second-order valence-corrected chi connectivity index (χ2v) is 8.43. The number of fused-ring (bicyclic) bond motifs is 3. The first-order valence-corrected chi connectivity index (χ1v) is 10.8. The van der Waals surface area contributed by atoms with Crippen molar-refractivity contribution in [3.05, 3.63) is 111 Å². The van der Waals surface area contributed by atoms with E-state index in [0.29, 0.717) is 23.3 Å². The molecule has 3 aromatic heterocycles. The molecule has 0 aliphatic rings. The molecule has 0 radical (unpaired) electrons. The lowest BCUT2D eigenvalue weighted by molar-refractivity contribution is 0.102. The zero-order valence-electron chi connectivity index (χ0n) is 18.8. The van der Waals surface area contributed by atoms with Crippen LogP contribution in [-0.2, 0) is 6.54 Å². The molecule has 0 aliphatic carbocycles. The van der Waals surface area contributed by atoms with Crippen LogP contribution in [0.5, 0.6) is 0 Å². The van der Waals surface area contributed by atoms with Gasteiger partial charge >= 0.3 is 0 Å². The van der Waals surface area contributed by atoms with Gasteiger partial charge in [-0.15, -0.1) is 0 Å². The zero-order valence-corrected chi connectivity index (χ0v) is 18.8. The summed E-state index contributed by atoms with van der Waals surface area (Å²) in [6.45, 7) is 6.40. The van der Waals surface area contributed by atoms with E-state index in [1.54, 1.807) is 22.9 Å². The van der Waals surface area contributed by atoms with Crippen molar-refractivity contribution in [1.29, 1.82) is 0 Å². The highest BCUT2D eigenvalue weighted by Crippen LogP contribution is 2.23. The highest BCUT2D eigenvalue weighted by atomic mass is 16.1. The summed E-state index contributed by atoms with van der Waals surface area (Å²) in [5.41, 5.74) is 7.58. The SMILES string of the molecule is Cc1cc(C)c(NC(=O)c2ccc(Cn3c(=O)c4cccn4c4cccnc43)cc2)c(C)c1. The van der Waals surface area contributed by atoms with Crippen LogP contribution in [0.1, 0.15) is 32.6 Å². The first kappa shape index (κ1) is 20.7. The van der Waals surface area contributed by atoms with Crippen molar-refractivity contribution in [3.63, 3.8) is 0 Å². The van der Waals surface area contributed by atoms with Crippen LogP contribution in [0, 0.1) is 20.8 Å². The van der Waals surface area contributed by atoms with Gasteiger partial charge in [-0.05, 0) is 73.9 Å². The molecule has 0 saturated heterocycles. The van der Waals surface area contributed by atoms with E-state index < -0.39 is 0 Å². The van der Waals surface area contributed by atoms with Crippen LogP contribution in [0.2, 0.25) is 0 Å². The van der Waals surface area contributed by atoms with E-state index in [1.165, 1.54) is 5.56 Å². The van der Waals surface area contributed by atoms with Crippen molar-refractivity contribution >= 4 is 28.3 Å². The highest BCUT2D eigenvalue weighted by molar-refractivity contribution is 6.05. The van der Waals surface area contributed by atoms with Crippen molar-refractivity contribution in [2.24, 2.45) is 0 Å². The van der Waals surface area contributed by atoms with Crippen LogP contribution in [0.25, 0.3) is 16.7 Å². The molecule has 5 rings (SSSR count). The number of hydrogen-bond acceptors (Lipinski definition) is 3. The molecule has 1 amide bonds. The molecule has 1 N–H and O–H groups in total. The molecule has 3 heterocycles. The molecule has 0 aliphatic heterocycles. The monoisotopic (exact) mass is 436 g/mol.